The number of nitrogens with two attached hydrogens (primary N) is 1. The van der Waals surface area contributed by atoms with Gasteiger partial charge >= 0.3 is 0 Å². The molecule has 1 aromatic heterocycles. The molecule has 2 rings (SSSR count). The number of hydrogen-bond donors (Lipinski definition) is 1. The number of nitrogens with zero attached hydrogens (tertiary/aromatic N) is 3. The van der Waals surface area contributed by atoms with Crippen LogP contribution in [-0.2, 0) is 4.79 Å². The molecule has 1 aromatic rings. The van der Waals surface area contributed by atoms with E-state index in [4.69, 9.17) is 5.73 Å². The Morgan fingerprint density at radius 2 is 2.40 bits per heavy atom. The van der Waals surface area contributed by atoms with Crippen molar-refractivity contribution < 1.29 is 4.79 Å². The Labute approximate surface area is 87.6 Å². The van der Waals surface area contributed by atoms with Crippen LogP contribution in [0, 0.1) is 5.92 Å². The summed E-state index contributed by atoms with van der Waals surface area (Å²) in [6, 6.07) is 1.60. The molecule has 2 heterocycles. The van der Waals surface area contributed by atoms with Crippen molar-refractivity contribution in [1.29, 1.82) is 0 Å². The lowest BCUT2D eigenvalue weighted by Gasteiger charge is -2.14. The number of carbonyl (C=O) groups excluding carboxylic acids is 1. The Kier molecular flexibility index (Phi) is 2.37. The number of carbonyl (C=O) groups is 1. The number of hydrogen-bond acceptors (Lipinski definition) is 4. The predicted octanol–water partition coefficient (Wildman–Crippen LogP) is 0.598. The number of amides is 1. The Balaban J connectivity index is 2.25. The van der Waals surface area contributed by atoms with Gasteiger partial charge in [0.15, 0.2) is 0 Å². The Morgan fingerprint density at radius 3 is 3.00 bits per heavy atom. The normalized spacial score (nSPS) is 20.7. The first-order valence-electron chi connectivity index (χ1n) is 4.71. The SMILES string of the molecule is C=CC1CC(=O)N(c2cc(N)ncn2)C1. The quantitative estimate of drug-likeness (QED) is 0.716. The third-order valence-corrected chi connectivity index (χ3v) is 2.44. The number of aromatic nitrogens is 2. The van der Waals surface area contributed by atoms with Crippen molar-refractivity contribution in [1.82, 2.24) is 9.97 Å². The Morgan fingerprint density at radius 1 is 1.60 bits per heavy atom. The van der Waals surface area contributed by atoms with Crippen LogP contribution in [0.3, 0.4) is 0 Å². The summed E-state index contributed by atoms with van der Waals surface area (Å²) in [7, 11) is 0. The van der Waals surface area contributed by atoms with Gasteiger partial charge in [0.05, 0.1) is 0 Å². The molecule has 5 heteroatoms. The fraction of sp³-hybridized carbons (Fsp3) is 0.300. The molecule has 1 fully saturated rings. The lowest BCUT2D eigenvalue weighted by atomic mass is 10.1. The molecule has 0 aromatic carbocycles. The average molecular weight is 204 g/mol. The van der Waals surface area contributed by atoms with Crippen molar-refractivity contribution in [2.45, 2.75) is 6.42 Å². The van der Waals surface area contributed by atoms with Gasteiger partial charge in [-0.25, -0.2) is 9.97 Å². The minimum Gasteiger partial charge on any atom is -0.384 e. The molecule has 0 aliphatic carbocycles. The van der Waals surface area contributed by atoms with Gasteiger partial charge in [0.25, 0.3) is 0 Å². The van der Waals surface area contributed by atoms with Gasteiger partial charge in [0.2, 0.25) is 5.91 Å². The number of nitrogen functional groups attached to an aromatic ring is 1. The largest absolute Gasteiger partial charge is 0.384 e. The van der Waals surface area contributed by atoms with Crippen molar-refractivity contribution in [2.75, 3.05) is 17.2 Å². The summed E-state index contributed by atoms with van der Waals surface area (Å²) in [5.74, 6) is 1.19. The maximum atomic E-state index is 11.6. The lowest BCUT2D eigenvalue weighted by Crippen LogP contribution is -2.25. The van der Waals surface area contributed by atoms with Crippen LogP contribution in [-0.4, -0.2) is 22.4 Å². The molecule has 15 heavy (non-hydrogen) atoms. The van der Waals surface area contributed by atoms with E-state index in [1.165, 1.54) is 6.33 Å². The highest BCUT2D eigenvalue weighted by Gasteiger charge is 2.29. The van der Waals surface area contributed by atoms with E-state index < -0.39 is 0 Å². The zero-order chi connectivity index (χ0) is 10.8. The molecule has 1 unspecified atom stereocenters. The highest BCUT2D eigenvalue weighted by Crippen LogP contribution is 2.24. The maximum Gasteiger partial charge on any atom is 0.228 e. The molecule has 5 nitrogen and oxygen atoms in total. The molecule has 1 amide bonds. The molecular formula is C10H12N4O. The number of rotatable bonds is 2. The third-order valence-electron chi connectivity index (χ3n) is 2.44. The van der Waals surface area contributed by atoms with E-state index in [0.717, 1.165) is 0 Å². The van der Waals surface area contributed by atoms with E-state index in [-0.39, 0.29) is 11.8 Å². The molecular weight excluding hydrogens is 192 g/mol. The van der Waals surface area contributed by atoms with Gasteiger partial charge in [0.1, 0.15) is 18.0 Å². The van der Waals surface area contributed by atoms with E-state index >= 15 is 0 Å². The zero-order valence-corrected chi connectivity index (χ0v) is 8.26. The fourth-order valence-corrected chi connectivity index (χ4v) is 1.62. The lowest BCUT2D eigenvalue weighted by molar-refractivity contribution is -0.117. The highest BCUT2D eigenvalue weighted by molar-refractivity contribution is 5.95. The summed E-state index contributed by atoms with van der Waals surface area (Å²) >= 11 is 0. The molecule has 1 aliphatic rings. The molecule has 0 radical (unpaired) electrons. The van der Waals surface area contributed by atoms with Gasteiger partial charge in [-0.3, -0.25) is 9.69 Å². The second kappa shape index (κ2) is 3.68. The van der Waals surface area contributed by atoms with Crippen molar-refractivity contribution >= 4 is 17.5 Å². The van der Waals surface area contributed by atoms with E-state index in [9.17, 15) is 4.79 Å². The zero-order valence-electron chi connectivity index (χ0n) is 8.26. The molecule has 0 spiro atoms. The van der Waals surface area contributed by atoms with Gasteiger partial charge in [0, 0.05) is 24.9 Å². The monoisotopic (exact) mass is 204 g/mol. The van der Waals surface area contributed by atoms with E-state index in [1.54, 1.807) is 17.0 Å². The van der Waals surface area contributed by atoms with Gasteiger partial charge in [-0.1, -0.05) is 6.08 Å². The summed E-state index contributed by atoms with van der Waals surface area (Å²) in [6.45, 7) is 4.31. The highest BCUT2D eigenvalue weighted by atomic mass is 16.2. The molecule has 1 saturated heterocycles. The Hall–Kier alpha value is -1.91. The van der Waals surface area contributed by atoms with E-state index in [0.29, 0.717) is 24.6 Å². The summed E-state index contributed by atoms with van der Waals surface area (Å²) in [4.78, 5) is 21.1. The molecule has 0 saturated carbocycles. The van der Waals surface area contributed by atoms with E-state index in [1.807, 2.05) is 0 Å². The van der Waals surface area contributed by atoms with Gasteiger partial charge < -0.3 is 5.73 Å². The summed E-state index contributed by atoms with van der Waals surface area (Å²) in [5.41, 5.74) is 5.53. The summed E-state index contributed by atoms with van der Waals surface area (Å²) in [5, 5.41) is 0. The van der Waals surface area contributed by atoms with Crippen LogP contribution in [0.1, 0.15) is 6.42 Å². The van der Waals surface area contributed by atoms with Crippen molar-refractivity contribution in [3.8, 4) is 0 Å². The second-order valence-corrected chi connectivity index (χ2v) is 3.51. The molecule has 2 N–H and O–H groups in total. The van der Waals surface area contributed by atoms with Gasteiger partial charge in [-0.15, -0.1) is 6.58 Å². The van der Waals surface area contributed by atoms with Crippen molar-refractivity contribution in [3.05, 3.63) is 25.0 Å². The van der Waals surface area contributed by atoms with Crippen LogP contribution >= 0.6 is 0 Å². The topological polar surface area (TPSA) is 72.1 Å². The minimum atomic E-state index is 0.0537. The maximum absolute atomic E-state index is 11.6. The van der Waals surface area contributed by atoms with Crippen LogP contribution < -0.4 is 10.6 Å². The molecule has 1 aliphatic heterocycles. The van der Waals surface area contributed by atoms with Crippen LogP contribution in [0.4, 0.5) is 11.6 Å². The van der Waals surface area contributed by atoms with Gasteiger partial charge in [-0.2, -0.15) is 0 Å². The molecule has 78 valence electrons. The number of anilines is 2. The van der Waals surface area contributed by atoms with E-state index in [2.05, 4.69) is 16.5 Å². The smallest absolute Gasteiger partial charge is 0.228 e. The first-order chi connectivity index (χ1) is 7.20. The van der Waals surface area contributed by atoms with Crippen LogP contribution in [0.2, 0.25) is 0 Å². The Bertz CT molecular complexity index is 404. The van der Waals surface area contributed by atoms with Crippen LogP contribution in [0.25, 0.3) is 0 Å². The average Bonchev–Trinajstić information content (AvgIpc) is 2.60. The standard InChI is InChI=1S/C10H12N4O/c1-2-7-3-10(15)14(5-7)9-4-8(11)12-6-13-9/h2,4,6-7H,1,3,5H2,(H2,11,12,13). The minimum absolute atomic E-state index is 0.0537. The first kappa shape index (κ1) is 9.64. The summed E-state index contributed by atoms with van der Waals surface area (Å²) < 4.78 is 0. The van der Waals surface area contributed by atoms with Crippen molar-refractivity contribution in [2.24, 2.45) is 5.92 Å². The van der Waals surface area contributed by atoms with Crippen LogP contribution in [0.5, 0.6) is 0 Å². The predicted molar refractivity (Wildman–Crippen MR) is 57.1 cm³/mol. The fourth-order valence-electron chi connectivity index (χ4n) is 1.62. The molecule has 0 bridgehead atoms. The summed E-state index contributed by atoms with van der Waals surface area (Å²) in [6.07, 6.45) is 3.65. The van der Waals surface area contributed by atoms with Crippen LogP contribution in [0.15, 0.2) is 25.0 Å². The van der Waals surface area contributed by atoms with Crippen molar-refractivity contribution in [3.63, 3.8) is 0 Å². The third kappa shape index (κ3) is 1.81. The van der Waals surface area contributed by atoms with Gasteiger partial charge in [-0.05, 0) is 0 Å². The second-order valence-electron chi connectivity index (χ2n) is 3.51. The molecule has 1 atom stereocenters. The first-order valence-corrected chi connectivity index (χ1v) is 4.71.